The number of ether oxygens (including phenoxy) is 1. The number of nitrogens with zero attached hydrogens (tertiary/aromatic N) is 3. The molecular formula is C17H18F2N4O3. The highest BCUT2D eigenvalue weighted by molar-refractivity contribution is 5.90. The van der Waals surface area contributed by atoms with E-state index in [-0.39, 0.29) is 42.8 Å². The van der Waals surface area contributed by atoms with E-state index in [2.05, 4.69) is 11.4 Å². The molecule has 2 aliphatic heterocycles. The van der Waals surface area contributed by atoms with E-state index in [9.17, 15) is 18.4 Å². The van der Waals surface area contributed by atoms with E-state index < -0.39 is 23.8 Å². The predicted molar refractivity (Wildman–Crippen MR) is 88.6 cm³/mol. The Kier molecular flexibility index (Phi) is 4.93. The molecule has 0 spiro atoms. The van der Waals surface area contributed by atoms with Crippen LogP contribution >= 0.6 is 0 Å². The molecule has 7 nitrogen and oxygen atoms in total. The molecule has 2 fully saturated rings. The molecule has 2 atom stereocenters. The molecule has 0 aliphatic carbocycles. The molecular weight excluding hydrogens is 346 g/mol. The molecule has 9 heteroatoms. The third-order valence-electron chi connectivity index (χ3n) is 4.45. The van der Waals surface area contributed by atoms with Crippen LogP contribution < -0.4 is 15.1 Å². The summed E-state index contributed by atoms with van der Waals surface area (Å²) in [5, 5.41) is 11.5. The number of nitriles is 1. The van der Waals surface area contributed by atoms with Gasteiger partial charge in [-0.3, -0.25) is 9.69 Å². The standard InChI is InChI=1S/C17H18F2N4O3/c1-10(24)21-7-13-9-23(17(25)26-13)12-4-14(18)16(15(19)5-12)22-3-2-11(6-20)8-22/h4-5,11,13H,2-3,7-9H2,1H3,(H,21,24)/t11?,13-/m0/s1. The van der Waals surface area contributed by atoms with Crippen molar-refractivity contribution in [2.75, 3.05) is 36.0 Å². The van der Waals surface area contributed by atoms with Crippen LogP contribution in [0.5, 0.6) is 0 Å². The number of benzene rings is 1. The Balaban J connectivity index is 1.77. The maximum absolute atomic E-state index is 14.5. The molecule has 0 bridgehead atoms. The van der Waals surface area contributed by atoms with Crippen LogP contribution in [0.2, 0.25) is 0 Å². The fraction of sp³-hybridized carbons (Fsp3) is 0.471. The normalized spacial score (nSPS) is 22.3. The Labute approximate surface area is 149 Å². The number of amides is 2. The molecule has 3 rings (SSSR count). The van der Waals surface area contributed by atoms with Crippen molar-refractivity contribution in [2.24, 2.45) is 5.92 Å². The summed E-state index contributed by atoms with van der Waals surface area (Å²) in [4.78, 5) is 25.6. The zero-order valence-electron chi connectivity index (χ0n) is 14.2. The van der Waals surface area contributed by atoms with E-state index in [4.69, 9.17) is 10.00 Å². The lowest BCUT2D eigenvalue weighted by Gasteiger charge is -2.21. The van der Waals surface area contributed by atoms with Crippen LogP contribution in [0.25, 0.3) is 0 Å². The predicted octanol–water partition coefficient (Wildman–Crippen LogP) is 1.78. The number of hydrogen-bond donors (Lipinski definition) is 1. The molecule has 2 aliphatic rings. The average molecular weight is 364 g/mol. The lowest BCUT2D eigenvalue weighted by molar-refractivity contribution is -0.119. The number of nitrogens with one attached hydrogen (secondary N) is 1. The second-order valence-corrected chi connectivity index (χ2v) is 6.37. The molecule has 1 N–H and O–H groups in total. The lowest BCUT2D eigenvalue weighted by Crippen LogP contribution is -2.33. The highest BCUT2D eigenvalue weighted by Gasteiger charge is 2.34. The van der Waals surface area contributed by atoms with Crippen molar-refractivity contribution >= 4 is 23.4 Å². The smallest absolute Gasteiger partial charge is 0.414 e. The van der Waals surface area contributed by atoms with Gasteiger partial charge in [-0.2, -0.15) is 5.26 Å². The van der Waals surface area contributed by atoms with E-state index >= 15 is 0 Å². The first-order valence-corrected chi connectivity index (χ1v) is 8.25. The van der Waals surface area contributed by atoms with Crippen molar-refractivity contribution in [1.29, 1.82) is 5.26 Å². The van der Waals surface area contributed by atoms with Gasteiger partial charge in [0.15, 0.2) is 11.6 Å². The van der Waals surface area contributed by atoms with Crippen molar-refractivity contribution in [3.63, 3.8) is 0 Å². The Hall–Kier alpha value is -2.89. The summed E-state index contributed by atoms with van der Waals surface area (Å²) in [7, 11) is 0. The zero-order valence-corrected chi connectivity index (χ0v) is 14.2. The second kappa shape index (κ2) is 7.15. The SMILES string of the molecule is CC(=O)NC[C@H]1CN(c2cc(F)c(N3CCC(C#N)C3)c(F)c2)C(=O)O1. The first-order valence-electron chi connectivity index (χ1n) is 8.25. The van der Waals surface area contributed by atoms with Crippen molar-refractivity contribution in [3.8, 4) is 6.07 Å². The van der Waals surface area contributed by atoms with E-state index in [1.165, 1.54) is 11.8 Å². The number of cyclic esters (lactones) is 1. The van der Waals surface area contributed by atoms with Gasteiger partial charge >= 0.3 is 6.09 Å². The van der Waals surface area contributed by atoms with Gasteiger partial charge in [-0.05, 0) is 6.42 Å². The van der Waals surface area contributed by atoms with Crippen LogP contribution in [0.1, 0.15) is 13.3 Å². The average Bonchev–Trinajstić information content (AvgIpc) is 3.19. The van der Waals surface area contributed by atoms with E-state index in [1.807, 2.05) is 0 Å². The van der Waals surface area contributed by atoms with Crippen molar-refractivity contribution in [3.05, 3.63) is 23.8 Å². The summed E-state index contributed by atoms with van der Waals surface area (Å²) < 4.78 is 34.1. The Morgan fingerprint density at radius 2 is 2.08 bits per heavy atom. The van der Waals surface area contributed by atoms with Gasteiger partial charge in [0.1, 0.15) is 11.8 Å². The third kappa shape index (κ3) is 3.54. The molecule has 138 valence electrons. The van der Waals surface area contributed by atoms with Crippen molar-refractivity contribution < 1.29 is 23.1 Å². The van der Waals surface area contributed by atoms with Crippen molar-refractivity contribution in [2.45, 2.75) is 19.4 Å². The molecule has 1 unspecified atom stereocenters. The molecule has 0 saturated carbocycles. The molecule has 1 aromatic rings. The van der Waals surface area contributed by atoms with Gasteiger partial charge in [0, 0.05) is 32.1 Å². The van der Waals surface area contributed by atoms with Gasteiger partial charge in [0.25, 0.3) is 0 Å². The maximum atomic E-state index is 14.5. The molecule has 26 heavy (non-hydrogen) atoms. The summed E-state index contributed by atoms with van der Waals surface area (Å²) >= 11 is 0. The highest BCUT2D eigenvalue weighted by Crippen LogP contribution is 2.33. The first-order chi connectivity index (χ1) is 12.4. The number of anilines is 2. The van der Waals surface area contributed by atoms with Gasteiger partial charge in [0.2, 0.25) is 5.91 Å². The summed E-state index contributed by atoms with van der Waals surface area (Å²) in [6, 6.07) is 4.27. The monoisotopic (exact) mass is 364 g/mol. The van der Waals surface area contributed by atoms with Crippen LogP contribution in [0.4, 0.5) is 25.0 Å². The summed E-state index contributed by atoms with van der Waals surface area (Å²) in [6.07, 6.45) is -0.759. The van der Waals surface area contributed by atoms with Gasteiger partial charge < -0.3 is 15.0 Å². The van der Waals surface area contributed by atoms with Crippen molar-refractivity contribution in [1.82, 2.24) is 5.32 Å². The minimum Gasteiger partial charge on any atom is -0.442 e. The third-order valence-corrected chi connectivity index (χ3v) is 4.45. The van der Waals surface area contributed by atoms with E-state index in [1.54, 1.807) is 0 Å². The topological polar surface area (TPSA) is 85.7 Å². The summed E-state index contributed by atoms with van der Waals surface area (Å²) in [5.74, 6) is -2.10. The number of halogens is 2. The zero-order chi connectivity index (χ0) is 18.8. The van der Waals surface area contributed by atoms with Crippen LogP contribution in [-0.4, -0.2) is 44.3 Å². The van der Waals surface area contributed by atoms with Gasteiger partial charge in [-0.25, -0.2) is 13.6 Å². The Bertz CT molecular complexity index is 757. The van der Waals surface area contributed by atoms with Gasteiger partial charge in [-0.15, -0.1) is 0 Å². The fourth-order valence-corrected chi connectivity index (χ4v) is 3.18. The Morgan fingerprint density at radius 3 is 2.65 bits per heavy atom. The minimum atomic E-state index is -0.795. The molecule has 2 heterocycles. The second-order valence-electron chi connectivity index (χ2n) is 6.37. The lowest BCUT2D eigenvalue weighted by atomic mass is 10.1. The highest BCUT2D eigenvalue weighted by atomic mass is 19.1. The van der Waals surface area contributed by atoms with E-state index in [0.717, 1.165) is 17.0 Å². The van der Waals surface area contributed by atoms with E-state index in [0.29, 0.717) is 13.0 Å². The number of hydrogen-bond acceptors (Lipinski definition) is 5. The fourth-order valence-electron chi connectivity index (χ4n) is 3.18. The minimum absolute atomic E-state index is 0.0510. The largest absolute Gasteiger partial charge is 0.442 e. The maximum Gasteiger partial charge on any atom is 0.414 e. The molecule has 2 saturated heterocycles. The molecule has 1 aromatic carbocycles. The van der Waals surface area contributed by atoms with Gasteiger partial charge in [0.05, 0.1) is 30.8 Å². The van der Waals surface area contributed by atoms with Gasteiger partial charge in [-0.1, -0.05) is 0 Å². The molecule has 0 radical (unpaired) electrons. The van der Waals surface area contributed by atoms with Crippen LogP contribution in [-0.2, 0) is 9.53 Å². The number of carbonyl (C=O) groups is 2. The quantitative estimate of drug-likeness (QED) is 0.880. The Morgan fingerprint density at radius 1 is 1.38 bits per heavy atom. The van der Waals surface area contributed by atoms with Crippen LogP contribution in [0.15, 0.2) is 12.1 Å². The number of carbonyl (C=O) groups excluding carboxylic acids is 2. The summed E-state index contributed by atoms with van der Waals surface area (Å²) in [6.45, 7) is 2.22. The first kappa shape index (κ1) is 17.9. The number of rotatable bonds is 4. The summed E-state index contributed by atoms with van der Waals surface area (Å²) in [5.41, 5.74) is -0.135. The molecule has 2 amide bonds. The molecule has 0 aromatic heterocycles. The van der Waals surface area contributed by atoms with Crippen LogP contribution in [0, 0.1) is 28.9 Å². The van der Waals surface area contributed by atoms with Crippen LogP contribution in [0.3, 0.4) is 0 Å².